The monoisotopic (exact) mass is 207 g/mol. The highest BCUT2D eigenvalue weighted by molar-refractivity contribution is 7.51. The molecule has 6 heteroatoms. The second-order valence-electron chi connectivity index (χ2n) is 2.28. The molecular weight excluding hydrogens is 193 g/mol. The third-order valence-corrected chi connectivity index (χ3v) is 1.52. The van der Waals surface area contributed by atoms with Gasteiger partial charge in [0.1, 0.15) is 0 Å². The van der Waals surface area contributed by atoms with Crippen LogP contribution in [0.25, 0.3) is 0 Å². The molecule has 0 unspecified atom stereocenters. The number of allylic oxidation sites excluding steroid dienone is 1. The fourth-order valence-electron chi connectivity index (χ4n) is 0.168. The predicted octanol–water partition coefficient (Wildman–Crippen LogP) is 0.398. The molecule has 0 fully saturated rings. The molecule has 4 N–H and O–H groups in total. The lowest BCUT2D eigenvalue weighted by Crippen LogP contribution is -2.10. The minimum absolute atomic E-state index is 0.229. The van der Waals surface area contributed by atoms with E-state index in [1.54, 1.807) is 6.92 Å². The Morgan fingerprint density at radius 1 is 1.62 bits per heavy atom. The summed E-state index contributed by atoms with van der Waals surface area (Å²) < 4.78 is 9.85. The van der Waals surface area contributed by atoms with Gasteiger partial charge in [0, 0.05) is 5.57 Å². The van der Waals surface area contributed by atoms with E-state index in [1.807, 2.05) is 0 Å². The van der Waals surface area contributed by atoms with Crippen molar-refractivity contribution in [1.82, 2.24) is 0 Å². The van der Waals surface area contributed by atoms with Gasteiger partial charge in [-0.15, -0.1) is 6.58 Å². The molecule has 0 heterocycles. The van der Waals surface area contributed by atoms with Crippen molar-refractivity contribution in [3.63, 3.8) is 0 Å². The molecule has 0 aliphatic heterocycles. The zero-order valence-corrected chi connectivity index (χ0v) is 8.33. The zero-order valence-electron chi connectivity index (χ0n) is 7.43. The van der Waals surface area contributed by atoms with Crippen LogP contribution in [0.2, 0.25) is 0 Å². The van der Waals surface area contributed by atoms with Gasteiger partial charge < -0.3 is 15.5 Å². The summed E-state index contributed by atoms with van der Waals surface area (Å²) in [4.78, 5) is 25.9. The molecule has 0 aromatic rings. The molecule has 0 aromatic carbocycles. The molecule has 0 aliphatic carbocycles. The third kappa shape index (κ3) is 18.2. The van der Waals surface area contributed by atoms with E-state index in [9.17, 15) is 9.36 Å². The van der Waals surface area contributed by atoms with Gasteiger partial charge >= 0.3 is 7.60 Å². The average Bonchev–Trinajstić information content (AvgIpc) is 1.85. The second kappa shape index (κ2) is 6.60. The van der Waals surface area contributed by atoms with E-state index < -0.39 is 13.5 Å². The van der Waals surface area contributed by atoms with E-state index in [1.165, 1.54) is 6.08 Å². The highest BCUT2D eigenvalue weighted by Crippen LogP contribution is 2.33. The maximum absolute atomic E-state index is 9.85. The molecule has 76 valence electrons. The Bertz CT molecular complexity index is 231. The summed E-state index contributed by atoms with van der Waals surface area (Å²) in [7, 11) is -3.78. The molecular formula is C7H14NO4P. The van der Waals surface area contributed by atoms with E-state index >= 15 is 0 Å². The van der Waals surface area contributed by atoms with Crippen molar-refractivity contribution in [3.05, 3.63) is 24.8 Å². The molecule has 0 atom stereocenters. The van der Waals surface area contributed by atoms with E-state index in [-0.39, 0.29) is 6.16 Å². The van der Waals surface area contributed by atoms with Crippen molar-refractivity contribution in [3.8, 4) is 0 Å². The molecule has 1 amide bonds. The molecule has 0 spiro atoms. The van der Waals surface area contributed by atoms with Gasteiger partial charge in [0.15, 0.2) is 0 Å². The van der Waals surface area contributed by atoms with E-state index in [0.717, 1.165) is 0 Å². The fourth-order valence-corrected chi connectivity index (χ4v) is 0.505. The lowest BCUT2D eigenvalue weighted by atomic mass is 10.3. The van der Waals surface area contributed by atoms with Gasteiger partial charge in [-0.25, -0.2) is 0 Å². The molecule has 0 bridgehead atoms. The largest absolute Gasteiger partial charge is 0.366 e. The van der Waals surface area contributed by atoms with Crippen LogP contribution in [0, 0.1) is 0 Å². The van der Waals surface area contributed by atoms with E-state index in [4.69, 9.17) is 15.5 Å². The maximum atomic E-state index is 9.85. The van der Waals surface area contributed by atoms with Crippen LogP contribution >= 0.6 is 7.60 Å². The number of primary amides is 1. The third-order valence-electron chi connectivity index (χ3n) is 0.788. The Morgan fingerprint density at radius 2 is 1.92 bits per heavy atom. The SMILES string of the molecule is C=C(C)C(N)=O.C=CCP(=O)(O)O. The maximum Gasteiger partial charge on any atom is 0.329 e. The van der Waals surface area contributed by atoms with E-state index in [2.05, 4.69) is 13.2 Å². The summed E-state index contributed by atoms with van der Waals surface area (Å²) in [6, 6.07) is 0. The molecule has 0 radical (unpaired) electrons. The Labute approximate surface area is 77.1 Å². The van der Waals surface area contributed by atoms with Crippen molar-refractivity contribution in [2.24, 2.45) is 5.73 Å². The van der Waals surface area contributed by atoms with Crippen LogP contribution in [0.3, 0.4) is 0 Å². The summed E-state index contributed by atoms with van der Waals surface area (Å²) in [5.74, 6) is -0.435. The van der Waals surface area contributed by atoms with Crippen molar-refractivity contribution in [2.45, 2.75) is 6.92 Å². The van der Waals surface area contributed by atoms with E-state index in [0.29, 0.717) is 5.57 Å². The van der Waals surface area contributed by atoms with Crippen LogP contribution in [0.1, 0.15) is 6.92 Å². The van der Waals surface area contributed by atoms with Gasteiger partial charge in [0.05, 0.1) is 6.16 Å². The predicted molar refractivity (Wildman–Crippen MR) is 51.1 cm³/mol. The van der Waals surface area contributed by atoms with Gasteiger partial charge in [0.2, 0.25) is 5.91 Å². The summed E-state index contributed by atoms with van der Waals surface area (Å²) in [6.07, 6.45) is 0.966. The number of rotatable bonds is 3. The second-order valence-corrected chi connectivity index (χ2v) is 3.98. The molecule has 0 aromatic heterocycles. The van der Waals surface area contributed by atoms with Gasteiger partial charge in [-0.2, -0.15) is 0 Å². The lowest BCUT2D eigenvalue weighted by molar-refractivity contribution is -0.114. The molecule has 5 nitrogen and oxygen atoms in total. The number of hydrogen-bond donors (Lipinski definition) is 3. The summed E-state index contributed by atoms with van der Waals surface area (Å²) in [6.45, 7) is 8.01. The van der Waals surface area contributed by atoms with Crippen molar-refractivity contribution >= 4 is 13.5 Å². The zero-order chi connectivity index (χ0) is 11.1. The van der Waals surface area contributed by atoms with Gasteiger partial charge in [0.25, 0.3) is 0 Å². The lowest BCUT2D eigenvalue weighted by Gasteiger charge is -1.94. The van der Waals surface area contributed by atoms with Crippen LogP contribution in [-0.2, 0) is 9.36 Å². The minimum Gasteiger partial charge on any atom is -0.366 e. The van der Waals surface area contributed by atoms with Crippen molar-refractivity contribution < 1.29 is 19.1 Å². The Balaban J connectivity index is 0. The van der Waals surface area contributed by atoms with Crippen LogP contribution in [0.15, 0.2) is 24.8 Å². The Morgan fingerprint density at radius 3 is 1.92 bits per heavy atom. The normalized spacial score (nSPS) is 9.46. The average molecular weight is 207 g/mol. The Hall–Kier alpha value is -0.900. The summed E-state index contributed by atoms with van der Waals surface area (Å²) >= 11 is 0. The van der Waals surface area contributed by atoms with Gasteiger partial charge in [-0.3, -0.25) is 9.36 Å². The molecule has 0 saturated carbocycles. The van der Waals surface area contributed by atoms with Crippen LogP contribution in [0.4, 0.5) is 0 Å². The molecule has 0 aliphatic rings. The Kier molecular flexibility index (Phi) is 7.42. The molecule has 0 rings (SSSR count). The first-order valence-corrected chi connectivity index (χ1v) is 5.11. The number of hydrogen-bond acceptors (Lipinski definition) is 2. The topological polar surface area (TPSA) is 101 Å². The van der Waals surface area contributed by atoms with Crippen LogP contribution in [0.5, 0.6) is 0 Å². The standard InChI is InChI=1S/C4H7NO.C3H7O3P/c1-3(2)4(5)6;1-2-3-7(4,5)6/h1H2,2H3,(H2,5,6);2H,1,3H2,(H2,4,5,6). The quantitative estimate of drug-likeness (QED) is 0.354. The van der Waals surface area contributed by atoms with Crippen LogP contribution in [-0.4, -0.2) is 21.9 Å². The minimum atomic E-state index is -3.78. The van der Waals surface area contributed by atoms with Gasteiger partial charge in [-0.1, -0.05) is 12.7 Å². The first kappa shape index (κ1) is 14.6. The smallest absolute Gasteiger partial charge is 0.329 e. The van der Waals surface area contributed by atoms with Crippen molar-refractivity contribution in [2.75, 3.05) is 6.16 Å². The highest BCUT2D eigenvalue weighted by atomic mass is 31.2. The summed E-state index contributed by atoms with van der Waals surface area (Å²) in [5, 5.41) is 0. The number of carbonyl (C=O) groups excluding carboxylic acids is 1. The summed E-state index contributed by atoms with van der Waals surface area (Å²) in [5.41, 5.74) is 5.09. The number of amides is 1. The fraction of sp³-hybridized carbons (Fsp3) is 0.286. The molecule has 0 saturated heterocycles. The van der Waals surface area contributed by atoms with Gasteiger partial charge in [-0.05, 0) is 6.92 Å². The van der Waals surface area contributed by atoms with Crippen LogP contribution < -0.4 is 5.73 Å². The number of nitrogens with two attached hydrogens (primary N) is 1. The highest BCUT2D eigenvalue weighted by Gasteiger charge is 2.06. The molecule has 13 heavy (non-hydrogen) atoms. The first-order valence-electron chi connectivity index (χ1n) is 3.31. The first-order chi connectivity index (χ1) is 5.70. The van der Waals surface area contributed by atoms with Crippen molar-refractivity contribution in [1.29, 1.82) is 0 Å². The number of carbonyl (C=O) groups is 1.